The van der Waals surface area contributed by atoms with E-state index in [2.05, 4.69) is 127 Å². The molecule has 0 unspecified atom stereocenters. The Balaban J connectivity index is 1.45. The topological polar surface area (TPSA) is 12.4 Å². The molecule has 0 spiro atoms. The van der Waals surface area contributed by atoms with E-state index >= 15 is 0 Å². The van der Waals surface area contributed by atoms with Gasteiger partial charge in [-0.3, -0.25) is 4.99 Å². The lowest BCUT2D eigenvalue weighted by atomic mass is 9.85. The maximum Gasteiger partial charge on any atom is 0.0305 e. The number of fused-ring (bicyclic) bond motifs is 3. The van der Waals surface area contributed by atoms with E-state index in [-0.39, 0.29) is 0 Å². The number of aliphatic imine (C=N–C) groups is 1. The monoisotopic (exact) mass is 473 g/mol. The Hall–Kier alpha value is -4.49. The lowest BCUT2D eigenvalue weighted by Gasteiger charge is -2.18. The van der Waals surface area contributed by atoms with Gasteiger partial charge in [-0.15, -0.1) is 0 Å². The van der Waals surface area contributed by atoms with Crippen LogP contribution in [-0.2, 0) is 0 Å². The molecule has 0 saturated heterocycles. The highest BCUT2D eigenvalue weighted by Gasteiger charge is 2.16. The summed E-state index contributed by atoms with van der Waals surface area (Å²) in [5.74, 6) is 0. The maximum absolute atomic E-state index is 4.56. The minimum atomic E-state index is 1.04. The van der Waals surface area contributed by atoms with Crippen molar-refractivity contribution in [2.75, 3.05) is 0 Å². The molecule has 0 aromatic heterocycles. The average molecular weight is 474 g/mol. The highest BCUT2D eigenvalue weighted by atomic mass is 14.7. The number of benzene rings is 6. The standard InChI is InChI=1S/C36H27N/c1-24-15-16-30(23-37-24)28-18-17-27-22-29(20-19-26(27)21-28)36-33-13-7-5-11-31(33)35(25-9-3-2-4-10-25)32-12-6-8-14-34(32)36/h2-14,17-23H,15-16H2,1H3. The molecule has 1 heterocycles. The minimum Gasteiger partial charge on any atom is -0.266 e. The van der Waals surface area contributed by atoms with Gasteiger partial charge in [0.1, 0.15) is 0 Å². The molecular weight excluding hydrogens is 446 g/mol. The minimum absolute atomic E-state index is 1.04. The average Bonchev–Trinajstić information content (AvgIpc) is 2.96. The van der Waals surface area contributed by atoms with Crippen molar-refractivity contribution in [3.8, 4) is 22.3 Å². The van der Waals surface area contributed by atoms with Crippen LogP contribution in [0, 0.1) is 0 Å². The second kappa shape index (κ2) is 8.87. The highest BCUT2D eigenvalue weighted by molar-refractivity contribution is 6.21. The molecule has 1 heteroatoms. The van der Waals surface area contributed by atoms with Crippen molar-refractivity contribution in [2.24, 2.45) is 4.99 Å². The van der Waals surface area contributed by atoms with Crippen LogP contribution < -0.4 is 0 Å². The summed E-state index contributed by atoms with van der Waals surface area (Å²) in [6.07, 6.45) is 4.15. The van der Waals surface area contributed by atoms with Gasteiger partial charge >= 0.3 is 0 Å². The van der Waals surface area contributed by atoms with Crippen molar-refractivity contribution in [3.63, 3.8) is 0 Å². The number of allylic oxidation sites excluding steroid dienone is 1. The van der Waals surface area contributed by atoms with E-state index < -0.39 is 0 Å². The Morgan fingerprint density at radius 2 is 1.00 bits per heavy atom. The molecule has 7 rings (SSSR count). The van der Waals surface area contributed by atoms with Gasteiger partial charge in [-0.1, -0.05) is 103 Å². The van der Waals surface area contributed by atoms with Gasteiger partial charge in [-0.2, -0.15) is 0 Å². The fraction of sp³-hybridized carbons (Fsp3) is 0.0833. The Morgan fingerprint density at radius 3 is 1.57 bits per heavy atom. The Morgan fingerprint density at radius 1 is 0.486 bits per heavy atom. The van der Waals surface area contributed by atoms with Crippen LogP contribution in [0.2, 0.25) is 0 Å². The molecule has 0 aliphatic carbocycles. The second-order valence-corrected chi connectivity index (χ2v) is 10.0. The van der Waals surface area contributed by atoms with Crippen LogP contribution in [0.5, 0.6) is 0 Å². The van der Waals surface area contributed by atoms with E-state index in [1.807, 2.05) is 6.20 Å². The molecule has 1 aliphatic rings. The summed E-state index contributed by atoms with van der Waals surface area (Å²) in [5.41, 5.74) is 8.93. The van der Waals surface area contributed by atoms with Crippen LogP contribution in [0.15, 0.2) is 126 Å². The summed E-state index contributed by atoms with van der Waals surface area (Å²) in [6, 6.07) is 42.2. The van der Waals surface area contributed by atoms with E-state index in [4.69, 9.17) is 0 Å². The third-order valence-electron chi connectivity index (χ3n) is 7.69. The van der Waals surface area contributed by atoms with Crippen molar-refractivity contribution in [1.82, 2.24) is 0 Å². The van der Waals surface area contributed by atoms with Crippen LogP contribution in [0.1, 0.15) is 25.3 Å². The van der Waals surface area contributed by atoms with Crippen molar-refractivity contribution < 1.29 is 0 Å². The third kappa shape index (κ3) is 3.75. The molecule has 0 fully saturated rings. The van der Waals surface area contributed by atoms with Gasteiger partial charge in [0.25, 0.3) is 0 Å². The molecule has 0 bridgehead atoms. The zero-order valence-electron chi connectivity index (χ0n) is 20.9. The second-order valence-electron chi connectivity index (χ2n) is 10.0. The van der Waals surface area contributed by atoms with Gasteiger partial charge in [0, 0.05) is 11.9 Å². The van der Waals surface area contributed by atoms with Crippen molar-refractivity contribution in [3.05, 3.63) is 127 Å². The zero-order valence-corrected chi connectivity index (χ0v) is 20.9. The molecule has 0 amide bonds. The predicted molar refractivity (Wildman–Crippen MR) is 160 cm³/mol. The molecule has 1 aliphatic heterocycles. The number of nitrogens with zero attached hydrogens (tertiary/aromatic N) is 1. The fourth-order valence-electron chi connectivity index (χ4n) is 5.81. The van der Waals surface area contributed by atoms with Crippen molar-refractivity contribution >= 4 is 43.6 Å². The summed E-state index contributed by atoms with van der Waals surface area (Å²) in [7, 11) is 0. The molecular formula is C36H27N. The molecule has 1 nitrogen and oxygen atoms in total. The van der Waals surface area contributed by atoms with Gasteiger partial charge in [0.2, 0.25) is 0 Å². The zero-order chi connectivity index (χ0) is 24.8. The molecule has 176 valence electrons. The highest BCUT2D eigenvalue weighted by Crippen LogP contribution is 2.44. The van der Waals surface area contributed by atoms with E-state index in [0.29, 0.717) is 0 Å². The van der Waals surface area contributed by atoms with Gasteiger partial charge in [0.05, 0.1) is 0 Å². The quantitative estimate of drug-likeness (QED) is 0.227. The van der Waals surface area contributed by atoms with Crippen LogP contribution in [0.3, 0.4) is 0 Å². The largest absolute Gasteiger partial charge is 0.266 e. The molecule has 6 aromatic carbocycles. The van der Waals surface area contributed by atoms with Crippen LogP contribution in [0.4, 0.5) is 0 Å². The summed E-state index contributed by atoms with van der Waals surface area (Å²) in [5, 5.41) is 7.68. The first-order chi connectivity index (χ1) is 18.3. The Kier molecular flexibility index (Phi) is 5.22. The van der Waals surface area contributed by atoms with E-state index in [1.54, 1.807) is 0 Å². The van der Waals surface area contributed by atoms with Gasteiger partial charge in [-0.25, -0.2) is 0 Å². The summed E-state index contributed by atoms with van der Waals surface area (Å²) in [6.45, 7) is 2.11. The smallest absolute Gasteiger partial charge is 0.0305 e. The number of hydrogen-bond acceptors (Lipinski definition) is 1. The van der Waals surface area contributed by atoms with Crippen molar-refractivity contribution in [2.45, 2.75) is 19.8 Å². The third-order valence-corrected chi connectivity index (χ3v) is 7.69. The molecule has 0 saturated carbocycles. The first-order valence-corrected chi connectivity index (χ1v) is 13.0. The SMILES string of the molecule is CC1=NC=C(c2ccc3cc(-c4c5ccccc5c(-c5ccccc5)c5ccccc45)ccc3c2)CC1. The lowest BCUT2D eigenvalue weighted by molar-refractivity contribution is 1.07. The molecule has 37 heavy (non-hydrogen) atoms. The van der Waals surface area contributed by atoms with Gasteiger partial charge in [-0.05, 0) is 97.6 Å². The predicted octanol–water partition coefficient (Wildman–Crippen LogP) is 10.1. The van der Waals surface area contributed by atoms with Gasteiger partial charge < -0.3 is 0 Å². The Labute approximate surface area is 217 Å². The Bertz CT molecular complexity index is 1820. The molecule has 0 radical (unpaired) electrons. The van der Waals surface area contributed by atoms with Crippen molar-refractivity contribution in [1.29, 1.82) is 0 Å². The van der Waals surface area contributed by atoms with E-state index in [0.717, 1.165) is 12.8 Å². The fourth-order valence-corrected chi connectivity index (χ4v) is 5.81. The molecule has 0 atom stereocenters. The number of rotatable bonds is 3. The maximum atomic E-state index is 4.56. The lowest BCUT2D eigenvalue weighted by Crippen LogP contribution is -1.98. The van der Waals surface area contributed by atoms with Crippen LogP contribution in [0.25, 0.3) is 60.1 Å². The molecule has 6 aromatic rings. The normalized spacial score (nSPS) is 13.6. The van der Waals surface area contributed by atoms with Gasteiger partial charge in [0.15, 0.2) is 0 Å². The first kappa shape index (κ1) is 21.8. The van der Waals surface area contributed by atoms with E-state index in [1.165, 1.54) is 71.4 Å². The summed E-state index contributed by atoms with van der Waals surface area (Å²) >= 11 is 0. The molecule has 0 N–H and O–H groups in total. The van der Waals surface area contributed by atoms with Crippen LogP contribution >= 0.6 is 0 Å². The summed E-state index contributed by atoms with van der Waals surface area (Å²) < 4.78 is 0. The first-order valence-electron chi connectivity index (χ1n) is 13.0. The van der Waals surface area contributed by atoms with Crippen LogP contribution in [-0.4, -0.2) is 5.71 Å². The number of hydrogen-bond donors (Lipinski definition) is 0. The summed E-state index contributed by atoms with van der Waals surface area (Å²) in [4.78, 5) is 4.56. The van der Waals surface area contributed by atoms with E-state index in [9.17, 15) is 0 Å².